The number of nitrogens with zero attached hydrogens (tertiary/aromatic N) is 1. The second-order valence-corrected chi connectivity index (χ2v) is 1.30. The molecule has 0 fully saturated rings. The molecule has 0 aromatic heterocycles. The number of hydrogen-bond acceptors (Lipinski definition) is 1. The van der Waals surface area contributed by atoms with Crippen LogP contribution in [0.25, 0.3) is 0 Å². The third-order valence-electron chi connectivity index (χ3n) is 0.760. The molecule has 0 unspecified atom stereocenters. The largest absolute Gasteiger partial charge is 1.00 e. The van der Waals surface area contributed by atoms with Gasteiger partial charge in [-0.2, -0.15) is 6.07 Å². The Morgan fingerprint density at radius 1 is 1.30 bits per heavy atom. The van der Waals surface area contributed by atoms with E-state index in [1.807, 2.05) is 6.07 Å². The summed E-state index contributed by atoms with van der Waals surface area (Å²) >= 11 is 0. The van der Waals surface area contributed by atoms with E-state index >= 15 is 0 Å². The standard InChI is InChI=1S/C7H3N.Rb.Y/c8-6-7-4-2-1-3-5-7;;/h1-3H;;/q-2;+1;. The minimum atomic E-state index is 0. The molecule has 0 N–H and O–H groups in total. The zero-order chi connectivity index (χ0) is 5.82. The molecule has 0 amide bonds. The summed E-state index contributed by atoms with van der Waals surface area (Å²) in [5.41, 5.74) is 0.465. The predicted molar refractivity (Wildman–Crippen MR) is 28.8 cm³/mol. The second kappa shape index (κ2) is 8.71. The topological polar surface area (TPSA) is 23.8 Å². The van der Waals surface area contributed by atoms with Crippen molar-refractivity contribution < 1.29 is 90.9 Å². The van der Waals surface area contributed by atoms with Crippen LogP contribution in [0.4, 0.5) is 0 Å². The summed E-state index contributed by atoms with van der Waals surface area (Å²) in [4.78, 5) is 0. The Balaban J connectivity index is 0. The summed E-state index contributed by atoms with van der Waals surface area (Å²) in [5, 5.41) is 8.23. The first-order valence-corrected chi connectivity index (χ1v) is 2.22. The fraction of sp³-hybridized carbons (Fsp3) is 0. The van der Waals surface area contributed by atoms with Gasteiger partial charge in [-0.15, -0.1) is 0 Å². The molecule has 0 aliphatic rings. The molecule has 1 rings (SSSR count). The monoisotopic (exact) mass is 275 g/mol. The molecule has 0 saturated heterocycles. The maximum absolute atomic E-state index is 8.23. The number of benzene rings is 1. The van der Waals surface area contributed by atoms with Crippen molar-refractivity contribution in [2.24, 2.45) is 0 Å². The Morgan fingerprint density at radius 3 is 2.10 bits per heavy atom. The van der Waals surface area contributed by atoms with Crippen molar-refractivity contribution in [2.75, 3.05) is 0 Å². The first kappa shape index (κ1) is 14.2. The van der Waals surface area contributed by atoms with Crippen molar-refractivity contribution in [3.05, 3.63) is 35.9 Å². The van der Waals surface area contributed by atoms with Gasteiger partial charge in [-0.25, -0.2) is 23.8 Å². The normalized spacial score (nSPS) is 6.30. The Kier molecular flexibility index (Phi) is 12.3. The van der Waals surface area contributed by atoms with Crippen LogP contribution in [-0.2, 0) is 32.7 Å². The van der Waals surface area contributed by atoms with Crippen molar-refractivity contribution in [3.8, 4) is 6.07 Å². The molecular weight excluding hydrogens is 272 g/mol. The molecule has 0 atom stereocenters. The van der Waals surface area contributed by atoms with Gasteiger partial charge in [0.25, 0.3) is 0 Å². The number of nitriles is 1. The van der Waals surface area contributed by atoms with Gasteiger partial charge < -0.3 is 5.26 Å². The molecule has 0 bridgehead atoms. The molecule has 0 saturated carbocycles. The van der Waals surface area contributed by atoms with Crippen molar-refractivity contribution >= 4 is 0 Å². The Bertz CT molecular complexity index is 205. The second-order valence-electron chi connectivity index (χ2n) is 1.30. The average molecular weight is 275 g/mol. The zero-order valence-electron chi connectivity index (χ0n) is 5.76. The van der Waals surface area contributed by atoms with Gasteiger partial charge >= 0.3 is 58.2 Å². The van der Waals surface area contributed by atoms with Crippen LogP contribution in [0.2, 0.25) is 0 Å². The van der Waals surface area contributed by atoms with E-state index in [9.17, 15) is 0 Å². The van der Waals surface area contributed by atoms with Crippen LogP contribution in [0.5, 0.6) is 0 Å². The molecular formula is C7H3NRbY-. The van der Waals surface area contributed by atoms with E-state index in [2.05, 4.69) is 12.1 Å². The molecule has 1 nitrogen and oxygen atoms in total. The van der Waals surface area contributed by atoms with Gasteiger partial charge in [-0.1, -0.05) is 0 Å². The summed E-state index contributed by atoms with van der Waals surface area (Å²) in [6.45, 7) is 0. The van der Waals surface area contributed by atoms with Crippen LogP contribution < -0.4 is 58.2 Å². The van der Waals surface area contributed by atoms with E-state index in [0.29, 0.717) is 5.56 Å². The Labute approximate surface area is 135 Å². The summed E-state index contributed by atoms with van der Waals surface area (Å²) in [5.74, 6) is 0. The van der Waals surface area contributed by atoms with Crippen LogP contribution in [0.1, 0.15) is 5.56 Å². The molecule has 10 heavy (non-hydrogen) atoms. The van der Waals surface area contributed by atoms with Crippen molar-refractivity contribution in [1.82, 2.24) is 0 Å². The van der Waals surface area contributed by atoms with Crippen LogP contribution in [-0.4, -0.2) is 0 Å². The van der Waals surface area contributed by atoms with E-state index in [4.69, 9.17) is 5.26 Å². The van der Waals surface area contributed by atoms with Crippen molar-refractivity contribution in [1.29, 1.82) is 5.26 Å². The van der Waals surface area contributed by atoms with Gasteiger partial charge in [0, 0.05) is 32.7 Å². The third kappa shape index (κ3) is 5.29. The van der Waals surface area contributed by atoms with Gasteiger partial charge in [0.2, 0.25) is 0 Å². The van der Waals surface area contributed by atoms with Crippen LogP contribution in [0, 0.1) is 23.5 Å². The molecule has 0 aliphatic carbocycles. The number of rotatable bonds is 0. The van der Waals surface area contributed by atoms with Gasteiger partial charge in [0.1, 0.15) is 0 Å². The summed E-state index contributed by atoms with van der Waals surface area (Å²) in [7, 11) is 0. The molecule has 3 heteroatoms. The SMILES string of the molecule is N#Cc1[c-]ccc[c-]1.[Rb+].[Y]. The summed E-state index contributed by atoms with van der Waals surface area (Å²) in [6, 6.07) is 12.5. The van der Waals surface area contributed by atoms with Gasteiger partial charge in [-0.05, 0) is 0 Å². The Hall–Kier alpha value is 1.62. The first-order valence-electron chi connectivity index (χ1n) is 2.22. The predicted octanol–water partition coefficient (Wildman–Crippen LogP) is -1.84. The minimum absolute atomic E-state index is 0. The molecule has 1 aromatic rings. The van der Waals surface area contributed by atoms with Crippen LogP contribution in [0.15, 0.2) is 18.2 Å². The van der Waals surface area contributed by atoms with E-state index in [-0.39, 0.29) is 90.9 Å². The van der Waals surface area contributed by atoms with E-state index in [1.165, 1.54) is 0 Å². The zero-order valence-corrected chi connectivity index (χ0v) is 13.5. The molecule has 0 spiro atoms. The van der Waals surface area contributed by atoms with E-state index in [0.717, 1.165) is 0 Å². The molecule has 41 valence electrons. The van der Waals surface area contributed by atoms with Gasteiger partial charge in [0.05, 0.1) is 0 Å². The summed E-state index contributed by atoms with van der Waals surface area (Å²) < 4.78 is 0. The van der Waals surface area contributed by atoms with Gasteiger partial charge in [0.15, 0.2) is 0 Å². The van der Waals surface area contributed by atoms with Crippen molar-refractivity contribution in [2.45, 2.75) is 0 Å². The maximum atomic E-state index is 8.23. The molecule has 0 heterocycles. The van der Waals surface area contributed by atoms with Crippen LogP contribution in [0.3, 0.4) is 0 Å². The van der Waals surface area contributed by atoms with Gasteiger partial charge in [-0.3, -0.25) is 12.1 Å². The quantitative estimate of drug-likeness (QED) is 0.511. The van der Waals surface area contributed by atoms with Crippen LogP contribution >= 0.6 is 0 Å². The maximum Gasteiger partial charge on any atom is 1.00 e. The third-order valence-corrected chi connectivity index (χ3v) is 0.760. The number of hydrogen-bond donors (Lipinski definition) is 0. The van der Waals surface area contributed by atoms with E-state index < -0.39 is 0 Å². The summed E-state index contributed by atoms with van der Waals surface area (Å²) in [6.07, 6.45) is 0. The average Bonchev–Trinajstić information content (AvgIpc) is 1.90. The fourth-order valence-corrected chi connectivity index (χ4v) is 0.417. The Morgan fingerprint density at radius 2 is 1.80 bits per heavy atom. The molecule has 1 radical (unpaired) electrons. The van der Waals surface area contributed by atoms with Crippen molar-refractivity contribution in [3.63, 3.8) is 0 Å². The minimum Gasteiger partial charge on any atom is -0.330 e. The first-order chi connectivity index (χ1) is 3.93. The molecule has 1 aromatic carbocycles. The van der Waals surface area contributed by atoms with E-state index in [1.54, 1.807) is 18.2 Å². The fourth-order valence-electron chi connectivity index (χ4n) is 0.417. The smallest absolute Gasteiger partial charge is 0.330 e. The molecule has 0 aliphatic heterocycles.